The molecule has 12 heteroatoms. The number of anilines is 2. The fraction of sp³-hybridized carbons (Fsp3) is 0.292. The predicted octanol–water partition coefficient (Wildman–Crippen LogP) is 3.02. The highest BCUT2D eigenvalue weighted by Crippen LogP contribution is 2.34. The van der Waals surface area contributed by atoms with Gasteiger partial charge in [0.15, 0.2) is 11.5 Å². The number of fused-ring (bicyclic) bond motifs is 1. The predicted molar refractivity (Wildman–Crippen MR) is 131 cm³/mol. The third-order valence-corrected chi connectivity index (χ3v) is 6.79. The second-order valence-corrected chi connectivity index (χ2v) is 9.19. The standard InChI is InChI=1S/C24H23N5O6S/c1-33-17-7-3-2-6-16(17)26-20(30)14-5-4-10-29(12-14)24(32)23-28-27-22(36-23)21(31)25-15-8-9-18-19(11-15)35-13-34-18/h2-3,6-9,11,14H,4-5,10,12-13H2,1H3,(H,25,31)(H,26,30). The second kappa shape index (κ2) is 10.2. The molecule has 1 unspecified atom stereocenters. The summed E-state index contributed by atoms with van der Waals surface area (Å²) in [6.45, 7) is 0.877. The van der Waals surface area contributed by atoms with E-state index in [-0.39, 0.29) is 41.1 Å². The van der Waals surface area contributed by atoms with Crippen molar-refractivity contribution in [3.8, 4) is 17.2 Å². The Kier molecular flexibility index (Phi) is 6.67. The number of carbonyl (C=O) groups excluding carboxylic acids is 3. The van der Waals surface area contributed by atoms with Crippen LogP contribution in [0.3, 0.4) is 0 Å². The molecule has 2 aromatic carbocycles. The topological polar surface area (TPSA) is 132 Å². The highest BCUT2D eigenvalue weighted by molar-refractivity contribution is 7.15. The number of benzene rings is 2. The molecule has 2 aliphatic heterocycles. The van der Waals surface area contributed by atoms with Crippen molar-refractivity contribution >= 4 is 40.4 Å². The molecule has 0 spiro atoms. The first-order valence-corrected chi connectivity index (χ1v) is 12.1. The van der Waals surface area contributed by atoms with E-state index in [4.69, 9.17) is 14.2 Å². The number of hydrogen-bond acceptors (Lipinski definition) is 9. The number of para-hydroxylation sites is 2. The lowest BCUT2D eigenvalue weighted by Gasteiger charge is -2.31. The molecule has 3 heterocycles. The van der Waals surface area contributed by atoms with Crippen LogP contribution >= 0.6 is 11.3 Å². The molecular formula is C24H23N5O6S. The molecule has 5 rings (SSSR count). The van der Waals surface area contributed by atoms with Gasteiger partial charge < -0.3 is 29.7 Å². The van der Waals surface area contributed by atoms with Crippen LogP contribution in [0.2, 0.25) is 0 Å². The summed E-state index contributed by atoms with van der Waals surface area (Å²) in [5, 5.41) is 13.6. The number of carbonyl (C=O) groups is 3. The zero-order valence-corrected chi connectivity index (χ0v) is 20.2. The van der Waals surface area contributed by atoms with Crippen molar-refractivity contribution in [3.05, 3.63) is 52.5 Å². The number of aromatic nitrogens is 2. The van der Waals surface area contributed by atoms with Crippen LogP contribution in [0, 0.1) is 5.92 Å². The second-order valence-electron chi connectivity index (χ2n) is 8.21. The van der Waals surface area contributed by atoms with E-state index in [9.17, 15) is 14.4 Å². The third-order valence-electron chi connectivity index (χ3n) is 5.88. The summed E-state index contributed by atoms with van der Waals surface area (Å²) in [4.78, 5) is 40.2. The van der Waals surface area contributed by atoms with Crippen LogP contribution in [-0.2, 0) is 4.79 Å². The van der Waals surface area contributed by atoms with E-state index in [0.29, 0.717) is 48.0 Å². The van der Waals surface area contributed by atoms with Gasteiger partial charge in [0.1, 0.15) is 5.75 Å². The van der Waals surface area contributed by atoms with Crippen molar-refractivity contribution in [1.29, 1.82) is 0 Å². The van der Waals surface area contributed by atoms with Gasteiger partial charge in [0, 0.05) is 24.8 Å². The minimum absolute atomic E-state index is 0.0542. The van der Waals surface area contributed by atoms with Crippen LogP contribution in [0.1, 0.15) is 32.4 Å². The Morgan fingerprint density at radius 3 is 2.72 bits per heavy atom. The summed E-state index contributed by atoms with van der Waals surface area (Å²) in [7, 11) is 1.54. The average Bonchev–Trinajstić information content (AvgIpc) is 3.58. The normalized spacial score (nSPS) is 16.4. The maximum absolute atomic E-state index is 13.1. The van der Waals surface area contributed by atoms with Crippen molar-refractivity contribution in [1.82, 2.24) is 15.1 Å². The Labute approximate surface area is 210 Å². The quantitative estimate of drug-likeness (QED) is 0.518. The van der Waals surface area contributed by atoms with Crippen molar-refractivity contribution in [2.75, 3.05) is 37.6 Å². The third kappa shape index (κ3) is 4.93. The van der Waals surface area contributed by atoms with Gasteiger partial charge in [-0.3, -0.25) is 14.4 Å². The SMILES string of the molecule is COc1ccccc1NC(=O)C1CCCN(C(=O)c2nnc(C(=O)Nc3ccc4c(c3)OCO4)s2)C1. The lowest BCUT2D eigenvalue weighted by Crippen LogP contribution is -2.43. The summed E-state index contributed by atoms with van der Waals surface area (Å²) in [5.74, 6) is 0.300. The van der Waals surface area contributed by atoms with E-state index in [0.717, 1.165) is 11.3 Å². The van der Waals surface area contributed by atoms with E-state index in [1.807, 2.05) is 12.1 Å². The number of methoxy groups -OCH3 is 1. The molecule has 3 amide bonds. The molecule has 1 atom stereocenters. The largest absolute Gasteiger partial charge is 0.495 e. The Morgan fingerprint density at radius 2 is 1.86 bits per heavy atom. The van der Waals surface area contributed by atoms with E-state index < -0.39 is 5.91 Å². The lowest BCUT2D eigenvalue weighted by molar-refractivity contribution is -0.121. The molecule has 0 saturated carbocycles. The minimum atomic E-state index is -0.488. The Morgan fingerprint density at radius 1 is 1.06 bits per heavy atom. The number of amides is 3. The summed E-state index contributed by atoms with van der Waals surface area (Å²) in [6, 6.07) is 12.2. The van der Waals surface area contributed by atoms with Crippen molar-refractivity contribution in [2.45, 2.75) is 12.8 Å². The first kappa shape index (κ1) is 23.5. The Hall–Kier alpha value is -4.19. The molecule has 0 aliphatic carbocycles. The lowest BCUT2D eigenvalue weighted by atomic mass is 9.97. The molecule has 3 aromatic rings. The van der Waals surface area contributed by atoms with Crippen LogP contribution < -0.4 is 24.8 Å². The summed E-state index contributed by atoms with van der Waals surface area (Å²) >= 11 is 0.906. The number of piperidine rings is 1. The van der Waals surface area contributed by atoms with E-state index >= 15 is 0 Å². The first-order chi connectivity index (χ1) is 17.5. The van der Waals surface area contributed by atoms with Gasteiger partial charge in [0.05, 0.1) is 18.7 Å². The van der Waals surface area contributed by atoms with Crippen molar-refractivity contribution in [2.24, 2.45) is 5.92 Å². The number of ether oxygens (including phenoxy) is 3. The maximum Gasteiger partial charge on any atom is 0.286 e. The van der Waals surface area contributed by atoms with Crippen LogP contribution in [0.5, 0.6) is 17.2 Å². The molecule has 1 saturated heterocycles. The smallest absolute Gasteiger partial charge is 0.286 e. The summed E-state index contributed by atoms with van der Waals surface area (Å²) < 4.78 is 15.9. The molecular weight excluding hydrogens is 486 g/mol. The zero-order valence-electron chi connectivity index (χ0n) is 19.4. The molecule has 0 radical (unpaired) electrons. The first-order valence-electron chi connectivity index (χ1n) is 11.3. The fourth-order valence-electron chi connectivity index (χ4n) is 4.05. The molecule has 36 heavy (non-hydrogen) atoms. The maximum atomic E-state index is 13.1. The van der Waals surface area contributed by atoms with E-state index in [1.54, 1.807) is 35.2 Å². The minimum Gasteiger partial charge on any atom is -0.495 e. The fourth-order valence-corrected chi connectivity index (χ4v) is 4.76. The molecule has 2 aliphatic rings. The van der Waals surface area contributed by atoms with Crippen molar-refractivity contribution < 1.29 is 28.6 Å². The molecule has 1 aromatic heterocycles. The van der Waals surface area contributed by atoms with Crippen LogP contribution in [0.4, 0.5) is 11.4 Å². The number of nitrogens with one attached hydrogen (secondary N) is 2. The Bertz CT molecular complexity index is 1310. The van der Waals surface area contributed by atoms with E-state index in [1.165, 1.54) is 7.11 Å². The number of hydrogen-bond donors (Lipinski definition) is 2. The molecule has 1 fully saturated rings. The van der Waals surface area contributed by atoms with Gasteiger partial charge in [0.25, 0.3) is 11.8 Å². The Balaban J connectivity index is 1.21. The molecule has 0 bridgehead atoms. The number of likely N-dealkylation sites (tertiary alicyclic amines) is 1. The summed E-state index contributed by atoms with van der Waals surface area (Å²) in [6.07, 6.45) is 1.33. The number of rotatable bonds is 6. The van der Waals surface area contributed by atoms with Gasteiger partial charge in [-0.1, -0.05) is 23.5 Å². The molecule has 186 valence electrons. The van der Waals surface area contributed by atoms with Crippen LogP contribution in [0.15, 0.2) is 42.5 Å². The van der Waals surface area contributed by atoms with Gasteiger partial charge in [0.2, 0.25) is 22.7 Å². The monoisotopic (exact) mass is 509 g/mol. The van der Waals surface area contributed by atoms with Crippen molar-refractivity contribution in [3.63, 3.8) is 0 Å². The van der Waals surface area contributed by atoms with Gasteiger partial charge >= 0.3 is 0 Å². The van der Waals surface area contributed by atoms with E-state index in [2.05, 4.69) is 20.8 Å². The molecule has 11 nitrogen and oxygen atoms in total. The van der Waals surface area contributed by atoms with Gasteiger partial charge in [-0.05, 0) is 37.1 Å². The van der Waals surface area contributed by atoms with Gasteiger partial charge in [-0.2, -0.15) is 0 Å². The highest BCUT2D eigenvalue weighted by atomic mass is 32.1. The average molecular weight is 510 g/mol. The number of nitrogens with zero attached hydrogens (tertiary/aromatic N) is 3. The van der Waals surface area contributed by atoms with Crippen LogP contribution in [-0.4, -0.2) is 59.8 Å². The highest BCUT2D eigenvalue weighted by Gasteiger charge is 2.31. The van der Waals surface area contributed by atoms with Gasteiger partial charge in [-0.15, -0.1) is 10.2 Å². The van der Waals surface area contributed by atoms with Crippen LogP contribution in [0.25, 0.3) is 0 Å². The molecule has 2 N–H and O–H groups in total. The zero-order chi connectivity index (χ0) is 25.1. The summed E-state index contributed by atoms with van der Waals surface area (Å²) in [5.41, 5.74) is 1.09. The van der Waals surface area contributed by atoms with Gasteiger partial charge in [-0.25, -0.2) is 0 Å².